The molecule has 0 heterocycles. The Bertz CT molecular complexity index is 1380. The Balaban J connectivity index is 1.53. The van der Waals surface area contributed by atoms with Gasteiger partial charge in [-0.1, -0.05) is 40.9 Å². The molecule has 0 aromatic heterocycles. The number of amides is 2. The molecular weight excluding hydrogens is 552 g/mol. The van der Waals surface area contributed by atoms with Crippen LogP contribution in [0.25, 0.3) is 0 Å². The lowest BCUT2D eigenvalue weighted by atomic mass is 10.1. The molecule has 178 valence electrons. The molecule has 0 saturated heterocycles. The van der Waals surface area contributed by atoms with E-state index in [0.717, 1.165) is 5.56 Å². The minimum Gasteiger partial charge on any atom is -0.326 e. The maximum atomic E-state index is 13.0. The van der Waals surface area contributed by atoms with Gasteiger partial charge in [0.2, 0.25) is 5.91 Å². The second-order valence-electron chi connectivity index (χ2n) is 8.13. The van der Waals surface area contributed by atoms with E-state index < -0.39 is 28.0 Å². The number of aryl methyl sites for hydroxylation is 1. The van der Waals surface area contributed by atoms with Gasteiger partial charge < -0.3 is 10.6 Å². The number of halogens is 5. The molecule has 5 nitrogen and oxygen atoms in total. The SMILES string of the molecule is Cc1ccc(C#N)c(NC(=O)c2cc(NC(=O)[C@@H]3[C@@H](c4cc(Cl)cc(Cl)c4)C3(Cl)Cl)ccc2Cl)c1. The summed E-state index contributed by atoms with van der Waals surface area (Å²) in [5.74, 6) is -2.24. The van der Waals surface area contributed by atoms with Crippen molar-refractivity contribution < 1.29 is 9.59 Å². The molecule has 3 aromatic carbocycles. The number of nitrogens with one attached hydrogen (secondary N) is 2. The van der Waals surface area contributed by atoms with E-state index in [1.54, 1.807) is 42.5 Å². The molecule has 0 spiro atoms. The van der Waals surface area contributed by atoms with Crippen LogP contribution in [0, 0.1) is 24.2 Å². The summed E-state index contributed by atoms with van der Waals surface area (Å²) in [5.41, 5.74) is 2.64. The number of anilines is 2. The largest absolute Gasteiger partial charge is 0.326 e. The van der Waals surface area contributed by atoms with E-state index >= 15 is 0 Å². The van der Waals surface area contributed by atoms with Gasteiger partial charge in [0, 0.05) is 21.7 Å². The predicted molar refractivity (Wildman–Crippen MR) is 141 cm³/mol. The second-order valence-corrected chi connectivity index (χ2v) is 10.9. The predicted octanol–water partition coefficient (Wildman–Crippen LogP) is 7.61. The Hall–Kier alpha value is -2.46. The van der Waals surface area contributed by atoms with E-state index in [2.05, 4.69) is 10.6 Å². The molecule has 35 heavy (non-hydrogen) atoms. The number of benzene rings is 3. The van der Waals surface area contributed by atoms with Crippen molar-refractivity contribution in [3.8, 4) is 6.07 Å². The summed E-state index contributed by atoms with van der Waals surface area (Å²) >= 11 is 31.2. The first-order chi connectivity index (χ1) is 16.5. The number of carbonyl (C=O) groups is 2. The summed E-state index contributed by atoms with van der Waals surface area (Å²) in [4.78, 5) is 25.9. The Kier molecular flexibility index (Phi) is 7.24. The number of nitriles is 1. The van der Waals surface area contributed by atoms with Crippen LogP contribution in [0.3, 0.4) is 0 Å². The highest BCUT2D eigenvalue weighted by molar-refractivity contribution is 6.53. The normalized spacial score (nSPS) is 17.9. The number of alkyl halides is 2. The molecule has 0 radical (unpaired) electrons. The van der Waals surface area contributed by atoms with Crippen molar-refractivity contribution in [2.75, 3.05) is 10.6 Å². The maximum Gasteiger partial charge on any atom is 0.257 e. The Morgan fingerprint density at radius 1 is 0.943 bits per heavy atom. The molecule has 3 aromatic rings. The highest BCUT2D eigenvalue weighted by Gasteiger charge is 2.67. The van der Waals surface area contributed by atoms with Crippen molar-refractivity contribution >= 4 is 81.2 Å². The van der Waals surface area contributed by atoms with Crippen LogP contribution in [-0.4, -0.2) is 16.1 Å². The molecule has 0 bridgehead atoms. The van der Waals surface area contributed by atoms with Gasteiger partial charge in [0.15, 0.2) is 0 Å². The summed E-state index contributed by atoms with van der Waals surface area (Å²) < 4.78 is -1.34. The van der Waals surface area contributed by atoms with Gasteiger partial charge in [-0.3, -0.25) is 9.59 Å². The van der Waals surface area contributed by atoms with E-state index in [1.165, 1.54) is 12.1 Å². The molecule has 2 atom stereocenters. The molecule has 1 fully saturated rings. The number of nitrogens with zero attached hydrogens (tertiary/aromatic N) is 1. The lowest BCUT2D eigenvalue weighted by molar-refractivity contribution is -0.117. The molecule has 10 heteroatoms. The fourth-order valence-corrected chi connectivity index (χ4v) is 5.44. The van der Waals surface area contributed by atoms with Crippen molar-refractivity contribution in [1.29, 1.82) is 5.26 Å². The molecule has 0 unspecified atom stereocenters. The Labute approximate surface area is 226 Å². The molecule has 1 aliphatic carbocycles. The third kappa shape index (κ3) is 5.38. The zero-order valence-corrected chi connectivity index (χ0v) is 21.8. The third-order valence-corrected chi connectivity index (χ3v) is 7.31. The van der Waals surface area contributed by atoms with Crippen LogP contribution in [-0.2, 0) is 4.79 Å². The van der Waals surface area contributed by atoms with Crippen LogP contribution in [0.4, 0.5) is 11.4 Å². The maximum absolute atomic E-state index is 13.0. The minimum absolute atomic E-state index is 0.117. The molecule has 0 aliphatic heterocycles. The van der Waals surface area contributed by atoms with E-state index in [1.807, 2.05) is 13.0 Å². The summed E-state index contributed by atoms with van der Waals surface area (Å²) in [7, 11) is 0. The van der Waals surface area contributed by atoms with Gasteiger partial charge >= 0.3 is 0 Å². The summed E-state index contributed by atoms with van der Waals surface area (Å²) in [6.07, 6.45) is 0. The molecule has 1 aliphatic rings. The van der Waals surface area contributed by atoms with Crippen molar-refractivity contribution in [3.05, 3.63) is 91.9 Å². The first-order valence-corrected chi connectivity index (χ1v) is 12.2. The van der Waals surface area contributed by atoms with Gasteiger partial charge in [-0.15, -0.1) is 23.2 Å². The smallest absolute Gasteiger partial charge is 0.257 e. The zero-order valence-electron chi connectivity index (χ0n) is 18.0. The standard InChI is InChI=1S/C25H16Cl5N3O2/c1-12-2-3-13(11-31)20(6-12)33-23(34)18-10-17(4-5-19(18)28)32-24(35)22-21(25(22,29)30)14-7-15(26)9-16(27)8-14/h2-10,21-22H,1H3,(H,32,35)(H,33,34)/t21-,22+/m1/s1. The van der Waals surface area contributed by atoms with Gasteiger partial charge in [-0.2, -0.15) is 5.26 Å². The fraction of sp³-hybridized carbons (Fsp3) is 0.160. The van der Waals surface area contributed by atoms with Crippen molar-refractivity contribution in [2.24, 2.45) is 5.92 Å². The van der Waals surface area contributed by atoms with E-state index in [0.29, 0.717) is 32.5 Å². The Morgan fingerprint density at radius 3 is 2.29 bits per heavy atom. The highest BCUT2D eigenvalue weighted by atomic mass is 35.5. The second kappa shape index (κ2) is 9.89. The van der Waals surface area contributed by atoms with Gasteiger partial charge in [0.1, 0.15) is 10.4 Å². The molecule has 1 saturated carbocycles. The van der Waals surface area contributed by atoms with Crippen LogP contribution in [0.2, 0.25) is 15.1 Å². The van der Waals surface area contributed by atoms with Crippen molar-refractivity contribution in [1.82, 2.24) is 0 Å². The topological polar surface area (TPSA) is 82.0 Å². The number of carbonyl (C=O) groups excluding carboxylic acids is 2. The Morgan fingerprint density at radius 2 is 1.63 bits per heavy atom. The monoisotopic (exact) mass is 565 g/mol. The van der Waals surface area contributed by atoms with Crippen LogP contribution < -0.4 is 10.6 Å². The van der Waals surface area contributed by atoms with Crippen molar-refractivity contribution in [2.45, 2.75) is 17.2 Å². The van der Waals surface area contributed by atoms with Crippen molar-refractivity contribution in [3.63, 3.8) is 0 Å². The number of rotatable bonds is 5. The first-order valence-electron chi connectivity index (χ1n) is 10.3. The molecule has 4 rings (SSSR count). The van der Waals surface area contributed by atoms with E-state index in [4.69, 9.17) is 58.0 Å². The van der Waals surface area contributed by atoms with Gasteiger partial charge in [-0.05, 0) is 66.6 Å². The molecule has 2 N–H and O–H groups in total. The number of hydrogen-bond donors (Lipinski definition) is 2. The lowest BCUT2D eigenvalue weighted by Crippen LogP contribution is -2.18. The fourth-order valence-electron chi connectivity index (χ4n) is 3.87. The van der Waals surface area contributed by atoms with E-state index in [9.17, 15) is 14.9 Å². The summed E-state index contributed by atoms with van der Waals surface area (Å²) in [6, 6.07) is 16.5. The summed E-state index contributed by atoms with van der Waals surface area (Å²) in [6.45, 7) is 1.84. The van der Waals surface area contributed by atoms with Gasteiger partial charge in [0.05, 0.1) is 27.8 Å². The average molecular weight is 568 g/mol. The van der Waals surface area contributed by atoms with Gasteiger partial charge in [-0.25, -0.2) is 0 Å². The lowest BCUT2D eigenvalue weighted by Gasteiger charge is -2.11. The van der Waals surface area contributed by atoms with Crippen LogP contribution in [0.5, 0.6) is 0 Å². The average Bonchev–Trinajstić information content (AvgIpc) is 3.36. The molecule has 2 amide bonds. The third-order valence-electron chi connectivity index (χ3n) is 5.60. The van der Waals surface area contributed by atoms with Gasteiger partial charge in [0.25, 0.3) is 5.91 Å². The van der Waals surface area contributed by atoms with E-state index in [-0.39, 0.29) is 10.6 Å². The van der Waals surface area contributed by atoms with Crippen LogP contribution >= 0.6 is 58.0 Å². The first kappa shape index (κ1) is 25.6. The van der Waals surface area contributed by atoms with Crippen LogP contribution in [0.15, 0.2) is 54.6 Å². The minimum atomic E-state index is -1.34. The highest BCUT2D eigenvalue weighted by Crippen LogP contribution is 2.65. The summed E-state index contributed by atoms with van der Waals surface area (Å²) in [5, 5.41) is 15.7. The quantitative estimate of drug-likeness (QED) is 0.312. The van der Waals surface area contributed by atoms with Crippen LogP contribution in [0.1, 0.15) is 33.0 Å². The number of hydrogen-bond acceptors (Lipinski definition) is 3. The zero-order chi connectivity index (χ0) is 25.5. The molecular formula is C25H16Cl5N3O2.